The summed E-state index contributed by atoms with van der Waals surface area (Å²) in [5, 5.41) is 0.414. The maximum atomic E-state index is 13.1. The lowest BCUT2D eigenvalue weighted by Crippen LogP contribution is -2.22. The Morgan fingerprint density at radius 2 is 1.68 bits per heavy atom. The summed E-state index contributed by atoms with van der Waals surface area (Å²) in [5.41, 5.74) is 9.23. The van der Waals surface area contributed by atoms with Crippen LogP contribution < -0.4 is 15.9 Å². The molecule has 0 aliphatic carbocycles. The number of hydrogen-bond acceptors (Lipinski definition) is 4. The van der Waals surface area contributed by atoms with Crippen LogP contribution in [0.3, 0.4) is 0 Å². The van der Waals surface area contributed by atoms with Gasteiger partial charge >= 0.3 is 0 Å². The van der Waals surface area contributed by atoms with Crippen molar-refractivity contribution in [3.05, 3.63) is 63.3 Å². The number of rotatable bonds is 4. The number of nitrogens with two attached hydrogens (primary N) is 1. The van der Waals surface area contributed by atoms with E-state index < -0.39 is 12.5 Å². The number of primary amides is 1. The third kappa shape index (κ3) is 3.79. The van der Waals surface area contributed by atoms with E-state index >= 15 is 0 Å². The lowest BCUT2D eigenvalue weighted by molar-refractivity contribution is -0.119. The van der Waals surface area contributed by atoms with Crippen molar-refractivity contribution in [1.82, 2.24) is 0 Å². The molecule has 0 saturated heterocycles. The van der Waals surface area contributed by atoms with Gasteiger partial charge in [-0.2, -0.15) is 0 Å². The number of fused-ring (bicyclic) bond motifs is 1. The molecular formula is C23H25NO4. The number of carbonyl (C=O) groups is 1. The van der Waals surface area contributed by atoms with E-state index in [1.165, 1.54) is 0 Å². The van der Waals surface area contributed by atoms with Crippen molar-refractivity contribution in [2.75, 3.05) is 6.61 Å². The molecule has 0 radical (unpaired) electrons. The first kappa shape index (κ1) is 19.7. The van der Waals surface area contributed by atoms with E-state index in [1.807, 2.05) is 44.2 Å². The van der Waals surface area contributed by atoms with Crippen LogP contribution in [0.1, 0.15) is 37.5 Å². The van der Waals surface area contributed by atoms with E-state index in [4.69, 9.17) is 14.9 Å². The normalized spacial score (nSPS) is 11.6. The van der Waals surface area contributed by atoms with Crippen molar-refractivity contribution in [3.63, 3.8) is 0 Å². The topological polar surface area (TPSA) is 82.5 Å². The molecular weight excluding hydrogens is 354 g/mol. The Bertz CT molecular complexity index is 1100. The number of amides is 1. The maximum Gasteiger partial charge on any atom is 0.255 e. The summed E-state index contributed by atoms with van der Waals surface area (Å²) in [5.74, 6) is -0.367. The number of carbonyl (C=O) groups excluding carboxylic acids is 1. The molecule has 0 bridgehead atoms. The minimum Gasteiger partial charge on any atom is -0.476 e. The highest BCUT2D eigenvalue weighted by Gasteiger charge is 2.20. The van der Waals surface area contributed by atoms with Gasteiger partial charge in [-0.05, 0) is 48.1 Å². The van der Waals surface area contributed by atoms with Crippen LogP contribution in [0.15, 0.2) is 45.6 Å². The minimum absolute atomic E-state index is 0.00179. The summed E-state index contributed by atoms with van der Waals surface area (Å²) in [6.07, 6.45) is 0. The molecule has 3 aromatic rings. The Kier molecular flexibility index (Phi) is 5.02. The van der Waals surface area contributed by atoms with Gasteiger partial charge in [-0.15, -0.1) is 0 Å². The highest BCUT2D eigenvalue weighted by molar-refractivity contribution is 5.84. The molecule has 146 valence electrons. The summed E-state index contributed by atoms with van der Waals surface area (Å²) in [7, 11) is 0. The molecule has 2 N–H and O–H groups in total. The molecule has 1 amide bonds. The van der Waals surface area contributed by atoms with Crippen LogP contribution in [-0.4, -0.2) is 12.5 Å². The molecule has 3 rings (SSSR count). The molecule has 0 fully saturated rings. The highest BCUT2D eigenvalue weighted by Crippen LogP contribution is 2.33. The molecule has 0 unspecified atom stereocenters. The third-order valence-corrected chi connectivity index (χ3v) is 4.84. The second-order valence-electron chi connectivity index (χ2n) is 8.10. The fourth-order valence-electron chi connectivity index (χ4n) is 3.02. The molecule has 1 heterocycles. The Morgan fingerprint density at radius 3 is 2.25 bits per heavy atom. The first-order chi connectivity index (χ1) is 13.1. The molecule has 5 heteroatoms. The van der Waals surface area contributed by atoms with Gasteiger partial charge in [-0.3, -0.25) is 9.59 Å². The van der Waals surface area contributed by atoms with E-state index in [0.29, 0.717) is 22.3 Å². The first-order valence-electron chi connectivity index (χ1n) is 9.18. The standard InChI is InChI=1S/C23H25NO4/c1-13-10-17-18(11-14(13)2)28-21(22(20(17)26)27-12-19(24)25)15-6-8-16(9-7-15)23(3,4)5/h6-11H,12H2,1-5H3,(H2,24,25). The Labute approximate surface area is 164 Å². The molecule has 0 spiro atoms. The second kappa shape index (κ2) is 7.15. The largest absolute Gasteiger partial charge is 0.476 e. The molecule has 0 atom stereocenters. The van der Waals surface area contributed by atoms with Gasteiger partial charge in [0.25, 0.3) is 5.91 Å². The van der Waals surface area contributed by atoms with Crippen molar-refractivity contribution in [2.24, 2.45) is 5.73 Å². The zero-order valence-electron chi connectivity index (χ0n) is 16.9. The van der Waals surface area contributed by atoms with Crippen LogP contribution in [0.25, 0.3) is 22.3 Å². The molecule has 28 heavy (non-hydrogen) atoms. The average Bonchev–Trinajstić information content (AvgIpc) is 2.62. The fourth-order valence-corrected chi connectivity index (χ4v) is 3.02. The van der Waals surface area contributed by atoms with Crippen molar-refractivity contribution in [3.8, 4) is 17.1 Å². The zero-order valence-corrected chi connectivity index (χ0v) is 16.9. The average molecular weight is 379 g/mol. The van der Waals surface area contributed by atoms with Gasteiger partial charge in [0.05, 0.1) is 5.39 Å². The van der Waals surface area contributed by atoms with E-state index in [0.717, 1.165) is 16.7 Å². The van der Waals surface area contributed by atoms with Gasteiger partial charge in [0.15, 0.2) is 12.4 Å². The molecule has 0 aliphatic heterocycles. The highest BCUT2D eigenvalue weighted by atomic mass is 16.5. The van der Waals surface area contributed by atoms with Crippen molar-refractivity contribution in [1.29, 1.82) is 0 Å². The number of hydrogen-bond donors (Lipinski definition) is 1. The van der Waals surface area contributed by atoms with Crippen LogP contribution in [0.5, 0.6) is 5.75 Å². The summed E-state index contributed by atoms with van der Waals surface area (Å²) in [6, 6.07) is 11.4. The molecule has 0 aliphatic rings. The lowest BCUT2D eigenvalue weighted by atomic mass is 9.86. The van der Waals surface area contributed by atoms with Crippen LogP contribution in [0.4, 0.5) is 0 Å². The van der Waals surface area contributed by atoms with Gasteiger partial charge in [0.1, 0.15) is 5.58 Å². The molecule has 2 aromatic carbocycles. The van der Waals surface area contributed by atoms with Crippen LogP contribution >= 0.6 is 0 Å². The van der Waals surface area contributed by atoms with E-state index in [2.05, 4.69) is 20.8 Å². The summed E-state index contributed by atoms with van der Waals surface area (Å²) < 4.78 is 11.6. The van der Waals surface area contributed by atoms with Gasteiger partial charge in [-0.1, -0.05) is 45.0 Å². The fraction of sp³-hybridized carbons (Fsp3) is 0.304. The predicted octanol–water partition coefficient (Wildman–Crippen LogP) is 4.24. The van der Waals surface area contributed by atoms with Gasteiger partial charge in [0.2, 0.25) is 11.2 Å². The minimum atomic E-state index is -0.659. The van der Waals surface area contributed by atoms with E-state index in [-0.39, 0.29) is 16.6 Å². The summed E-state index contributed by atoms with van der Waals surface area (Å²) >= 11 is 0. The number of benzene rings is 2. The van der Waals surface area contributed by atoms with Crippen molar-refractivity contribution >= 4 is 16.9 Å². The van der Waals surface area contributed by atoms with Gasteiger partial charge in [0, 0.05) is 5.56 Å². The van der Waals surface area contributed by atoms with Gasteiger partial charge < -0.3 is 14.9 Å². The summed E-state index contributed by atoms with van der Waals surface area (Å²) in [6.45, 7) is 9.88. The van der Waals surface area contributed by atoms with Crippen molar-refractivity contribution < 1.29 is 13.9 Å². The molecule has 0 saturated carbocycles. The Balaban J connectivity index is 2.24. The Hall–Kier alpha value is -3.08. The monoisotopic (exact) mass is 379 g/mol. The summed E-state index contributed by atoms with van der Waals surface area (Å²) in [4.78, 5) is 24.3. The second-order valence-corrected chi connectivity index (χ2v) is 8.10. The van der Waals surface area contributed by atoms with E-state index in [1.54, 1.807) is 6.07 Å². The molecule has 1 aromatic heterocycles. The SMILES string of the molecule is Cc1cc2oc(-c3ccc(C(C)(C)C)cc3)c(OCC(N)=O)c(=O)c2cc1C. The van der Waals surface area contributed by atoms with E-state index in [9.17, 15) is 9.59 Å². The number of ether oxygens (including phenoxy) is 1. The predicted molar refractivity (Wildman–Crippen MR) is 111 cm³/mol. The van der Waals surface area contributed by atoms with Crippen LogP contribution in [0.2, 0.25) is 0 Å². The van der Waals surface area contributed by atoms with Crippen LogP contribution in [-0.2, 0) is 10.2 Å². The quantitative estimate of drug-likeness (QED) is 0.735. The lowest BCUT2D eigenvalue weighted by Gasteiger charge is -2.19. The third-order valence-electron chi connectivity index (χ3n) is 4.84. The molecule has 5 nitrogen and oxygen atoms in total. The smallest absolute Gasteiger partial charge is 0.255 e. The van der Waals surface area contributed by atoms with Crippen LogP contribution in [0, 0.1) is 13.8 Å². The van der Waals surface area contributed by atoms with Crippen molar-refractivity contribution in [2.45, 2.75) is 40.0 Å². The zero-order chi connectivity index (χ0) is 20.6. The first-order valence-corrected chi connectivity index (χ1v) is 9.18. The van der Waals surface area contributed by atoms with Gasteiger partial charge in [-0.25, -0.2) is 0 Å². The maximum absolute atomic E-state index is 13.1. The number of aryl methyl sites for hydroxylation is 2. The Morgan fingerprint density at radius 1 is 1.07 bits per heavy atom.